The second kappa shape index (κ2) is 5.10. The molecule has 15 heavy (non-hydrogen) atoms. The van der Waals surface area contributed by atoms with E-state index >= 15 is 0 Å². The van der Waals surface area contributed by atoms with E-state index in [2.05, 4.69) is 0 Å². The van der Waals surface area contributed by atoms with Crippen molar-refractivity contribution in [3.05, 3.63) is 0 Å². The molecule has 1 amide bonds. The molecule has 0 saturated carbocycles. The second-order valence-corrected chi connectivity index (χ2v) is 4.45. The van der Waals surface area contributed by atoms with Crippen LogP contribution in [0.5, 0.6) is 0 Å². The van der Waals surface area contributed by atoms with Crippen molar-refractivity contribution in [3.63, 3.8) is 0 Å². The summed E-state index contributed by atoms with van der Waals surface area (Å²) < 4.78 is 26.1. The summed E-state index contributed by atoms with van der Waals surface area (Å²) in [5, 5.41) is 0. The van der Waals surface area contributed by atoms with Gasteiger partial charge in [0.1, 0.15) is 0 Å². The van der Waals surface area contributed by atoms with E-state index in [9.17, 15) is 13.6 Å². The Morgan fingerprint density at radius 3 is 2.80 bits per heavy atom. The molecule has 0 aromatic heterocycles. The fraction of sp³-hybridized carbons (Fsp3) is 0.900. The molecule has 5 heteroatoms. The monoisotopic (exact) mass is 239 g/mol. The molecule has 1 aliphatic rings. The number of nitrogens with zero attached hydrogens (tertiary/aromatic N) is 1. The first-order valence-electron chi connectivity index (χ1n) is 5.16. The third kappa shape index (κ3) is 3.59. The van der Waals surface area contributed by atoms with Crippen LogP contribution >= 0.6 is 11.6 Å². The van der Waals surface area contributed by atoms with Crippen LogP contribution in [0, 0.1) is 5.92 Å². The van der Waals surface area contributed by atoms with Crippen LogP contribution in [-0.2, 0) is 4.79 Å². The number of carbonyl (C=O) groups excluding carboxylic acids is 1. The average Bonchev–Trinajstić information content (AvgIpc) is 2.17. The highest BCUT2D eigenvalue weighted by Gasteiger charge is 2.37. The standard InChI is InChI=1S/C10H16ClF2NO/c1-10(12,13)8-3-2-6-14(7-8)9(15)4-5-11/h8H,2-7H2,1H3. The number of likely N-dealkylation sites (tertiary alicyclic amines) is 1. The Hall–Kier alpha value is -0.380. The molecule has 1 unspecified atom stereocenters. The summed E-state index contributed by atoms with van der Waals surface area (Å²) in [6, 6.07) is 0. The maximum atomic E-state index is 13.1. The molecule has 1 fully saturated rings. The molecule has 0 N–H and O–H groups in total. The molecule has 1 rings (SSSR count). The van der Waals surface area contributed by atoms with Crippen LogP contribution in [0.4, 0.5) is 8.78 Å². The van der Waals surface area contributed by atoms with Gasteiger partial charge in [-0.15, -0.1) is 11.6 Å². The molecule has 0 radical (unpaired) electrons. The molecular weight excluding hydrogens is 224 g/mol. The Bertz CT molecular complexity index is 230. The molecule has 2 nitrogen and oxygen atoms in total. The van der Waals surface area contributed by atoms with Crippen LogP contribution in [0.15, 0.2) is 0 Å². The molecule has 0 bridgehead atoms. The summed E-state index contributed by atoms with van der Waals surface area (Å²) >= 11 is 5.45. The van der Waals surface area contributed by atoms with Crippen molar-refractivity contribution in [3.8, 4) is 0 Å². The van der Waals surface area contributed by atoms with Crippen LogP contribution in [0.3, 0.4) is 0 Å². The van der Waals surface area contributed by atoms with Gasteiger partial charge in [-0.1, -0.05) is 0 Å². The Kier molecular flexibility index (Phi) is 4.32. The molecule has 1 atom stereocenters. The minimum atomic E-state index is -2.69. The van der Waals surface area contributed by atoms with Gasteiger partial charge in [0.25, 0.3) is 0 Å². The fourth-order valence-corrected chi connectivity index (χ4v) is 2.02. The molecule has 88 valence electrons. The average molecular weight is 240 g/mol. The highest BCUT2D eigenvalue weighted by atomic mass is 35.5. The van der Waals surface area contributed by atoms with Crippen molar-refractivity contribution >= 4 is 17.5 Å². The summed E-state index contributed by atoms with van der Waals surface area (Å²) in [5.74, 6) is -3.26. The number of piperidine rings is 1. The largest absolute Gasteiger partial charge is 0.342 e. The van der Waals surface area contributed by atoms with E-state index in [0.717, 1.165) is 6.92 Å². The third-order valence-electron chi connectivity index (χ3n) is 2.80. The van der Waals surface area contributed by atoms with Crippen molar-refractivity contribution < 1.29 is 13.6 Å². The predicted octanol–water partition coefficient (Wildman–Crippen LogP) is 2.51. The number of alkyl halides is 3. The zero-order chi connectivity index (χ0) is 11.5. The first-order chi connectivity index (χ1) is 6.95. The lowest BCUT2D eigenvalue weighted by atomic mass is 9.92. The molecule has 0 aromatic rings. The van der Waals surface area contributed by atoms with E-state index in [1.165, 1.54) is 4.90 Å². The lowest BCUT2D eigenvalue weighted by Gasteiger charge is -2.35. The van der Waals surface area contributed by atoms with Gasteiger partial charge in [-0.25, -0.2) is 8.78 Å². The smallest absolute Gasteiger partial charge is 0.249 e. The summed E-state index contributed by atoms with van der Waals surface area (Å²) in [7, 11) is 0. The first kappa shape index (κ1) is 12.7. The van der Waals surface area contributed by atoms with E-state index in [1.807, 2.05) is 0 Å². The van der Waals surface area contributed by atoms with Crippen LogP contribution < -0.4 is 0 Å². The Balaban J connectivity index is 2.52. The fourth-order valence-electron chi connectivity index (χ4n) is 1.86. The Labute approximate surface area is 93.6 Å². The number of hydrogen-bond donors (Lipinski definition) is 0. The first-order valence-corrected chi connectivity index (χ1v) is 5.70. The summed E-state index contributed by atoms with van der Waals surface area (Å²) in [6.45, 7) is 1.68. The number of hydrogen-bond acceptors (Lipinski definition) is 1. The van der Waals surface area contributed by atoms with E-state index in [0.29, 0.717) is 19.4 Å². The minimum absolute atomic E-state index is 0.112. The number of amides is 1. The van der Waals surface area contributed by atoms with E-state index < -0.39 is 11.8 Å². The molecular formula is C10H16ClF2NO. The minimum Gasteiger partial charge on any atom is -0.342 e. The van der Waals surface area contributed by atoms with Gasteiger partial charge in [0.05, 0.1) is 0 Å². The van der Waals surface area contributed by atoms with Gasteiger partial charge in [-0.2, -0.15) is 0 Å². The lowest BCUT2D eigenvalue weighted by Crippen LogP contribution is -2.45. The Morgan fingerprint density at radius 1 is 1.60 bits per heavy atom. The second-order valence-electron chi connectivity index (χ2n) is 4.07. The molecule has 1 saturated heterocycles. The quantitative estimate of drug-likeness (QED) is 0.693. The highest BCUT2D eigenvalue weighted by molar-refractivity contribution is 6.18. The normalized spacial score (nSPS) is 22.9. The van der Waals surface area contributed by atoms with Gasteiger partial charge in [0.2, 0.25) is 11.8 Å². The van der Waals surface area contributed by atoms with Gasteiger partial charge in [-0.05, 0) is 19.8 Å². The van der Waals surface area contributed by atoms with Gasteiger partial charge in [-0.3, -0.25) is 4.79 Å². The zero-order valence-corrected chi connectivity index (χ0v) is 9.57. The lowest BCUT2D eigenvalue weighted by molar-refractivity contribution is -0.136. The molecule has 0 aromatic carbocycles. The summed E-state index contributed by atoms with van der Waals surface area (Å²) in [4.78, 5) is 13.0. The van der Waals surface area contributed by atoms with Gasteiger partial charge in [0, 0.05) is 31.3 Å². The SMILES string of the molecule is CC(F)(F)C1CCCN(C(=O)CCCl)C1. The summed E-state index contributed by atoms with van der Waals surface area (Å²) in [6.07, 6.45) is 1.39. The molecule has 0 spiro atoms. The summed E-state index contributed by atoms with van der Waals surface area (Å²) in [5.41, 5.74) is 0. The van der Waals surface area contributed by atoms with Crippen LogP contribution in [0.1, 0.15) is 26.2 Å². The van der Waals surface area contributed by atoms with Gasteiger partial charge in [0.15, 0.2) is 0 Å². The topological polar surface area (TPSA) is 20.3 Å². The van der Waals surface area contributed by atoms with Crippen molar-refractivity contribution in [1.82, 2.24) is 4.90 Å². The highest BCUT2D eigenvalue weighted by Crippen LogP contribution is 2.31. The third-order valence-corrected chi connectivity index (χ3v) is 2.99. The molecule has 1 heterocycles. The van der Waals surface area contributed by atoms with Gasteiger partial charge >= 0.3 is 0 Å². The van der Waals surface area contributed by atoms with Crippen LogP contribution in [0.2, 0.25) is 0 Å². The van der Waals surface area contributed by atoms with Crippen LogP contribution in [-0.4, -0.2) is 35.7 Å². The Morgan fingerprint density at radius 2 is 2.27 bits per heavy atom. The molecule has 0 aliphatic carbocycles. The predicted molar refractivity (Wildman–Crippen MR) is 55.3 cm³/mol. The molecule has 1 aliphatic heterocycles. The van der Waals surface area contributed by atoms with Crippen LogP contribution in [0.25, 0.3) is 0 Å². The van der Waals surface area contributed by atoms with Crippen molar-refractivity contribution in [1.29, 1.82) is 0 Å². The van der Waals surface area contributed by atoms with Crippen molar-refractivity contribution in [2.45, 2.75) is 32.1 Å². The van der Waals surface area contributed by atoms with E-state index in [1.54, 1.807) is 0 Å². The number of halogens is 3. The van der Waals surface area contributed by atoms with Crippen molar-refractivity contribution in [2.24, 2.45) is 5.92 Å². The maximum absolute atomic E-state index is 13.1. The van der Waals surface area contributed by atoms with Gasteiger partial charge < -0.3 is 4.90 Å². The number of rotatable bonds is 3. The number of carbonyl (C=O) groups is 1. The van der Waals surface area contributed by atoms with E-state index in [-0.39, 0.29) is 24.8 Å². The maximum Gasteiger partial charge on any atom is 0.249 e. The van der Waals surface area contributed by atoms with Crippen molar-refractivity contribution in [2.75, 3.05) is 19.0 Å². The zero-order valence-electron chi connectivity index (χ0n) is 8.81. The van der Waals surface area contributed by atoms with E-state index in [4.69, 9.17) is 11.6 Å².